The molecule has 0 radical (unpaired) electrons. The van der Waals surface area contributed by atoms with E-state index in [4.69, 9.17) is 15.7 Å². The fraction of sp³-hybridized carbons (Fsp3) is 0.387. The van der Waals surface area contributed by atoms with E-state index in [0.717, 1.165) is 24.1 Å². The van der Waals surface area contributed by atoms with Crippen LogP contribution in [0, 0.1) is 18.3 Å². The molecule has 2 aliphatic heterocycles. The number of hydrogen-bond acceptors (Lipinski definition) is 11. The Morgan fingerprint density at radius 3 is 2.63 bits per heavy atom. The number of likely N-dealkylation sites (tertiary alicyclic amines) is 1. The highest BCUT2D eigenvalue weighted by molar-refractivity contribution is 5.98. The van der Waals surface area contributed by atoms with E-state index in [9.17, 15) is 14.4 Å². The molecule has 0 aliphatic carbocycles. The maximum Gasteiger partial charge on any atom is 0.254 e. The van der Waals surface area contributed by atoms with Crippen LogP contribution in [0.15, 0.2) is 43.4 Å². The maximum atomic E-state index is 12.3. The third-order valence-electron chi connectivity index (χ3n) is 8.14. The molecule has 0 unspecified atom stereocenters. The van der Waals surface area contributed by atoms with Crippen molar-refractivity contribution in [3.63, 3.8) is 0 Å². The van der Waals surface area contributed by atoms with Crippen molar-refractivity contribution < 1.29 is 19.1 Å². The van der Waals surface area contributed by atoms with E-state index < -0.39 is 5.91 Å². The molecule has 4 N–H and O–H groups in total. The van der Waals surface area contributed by atoms with Crippen molar-refractivity contribution in [1.82, 2.24) is 29.5 Å². The fourth-order valence-electron chi connectivity index (χ4n) is 5.70. The molecule has 0 saturated carbocycles. The number of aromatic nitrogens is 4. The first-order valence-corrected chi connectivity index (χ1v) is 15.0. The van der Waals surface area contributed by atoms with Crippen LogP contribution in [0.5, 0.6) is 5.75 Å². The normalized spacial score (nSPS) is 16.4. The molecule has 2 aromatic heterocycles. The molecule has 15 nitrogen and oxygen atoms in total. The monoisotopic (exact) mass is 627 g/mol. The van der Waals surface area contributed by atoms with E-state index in [1.807, 2.05) is 36.0 Å². The summed E-state index contributed by atoms with van der Waals surface area (Å²) in [4.78, 5) is 51.0. The number of piperazine rings is 1. The van der Waals surface area contributed by atoms with Crippen LogP contribution in [0.3, 0.4) is 0 Å². The highest BCUT2D eigenvalue weighted by atomic mass is 16.5. The number of rotatable bonds is 10. The number of nitrogens with one attached hydrogen (secondary N) is 2. The Kier molecular flexibility index (Phi) is 9.65. The van der Waals surface area contributed by atoms with E-state index in [2.05, 4.69) is 37.2 Å². The molecule has 3 aromatic rings. The van der Waals surface area contributed by atoms with Crippen LogP contribution in [0.2, 0.25) is 0 Å². The number of benzene rings is 1. The van der Waals surface area contributed by atoms with Gasteiger partial charge in [0.1, 0.15) is 23.6 Å². The minimum Gasteiger partial charge on any atom is -0.494 e. The summed E-state index contributed by atoms with van der Waals surface area (Å²) in [6, 6.07) is 5.82. The number of nitrogens with two attached hydrogens (primary N) is 1. The lowest BCUT2D eigenvalue weighted by molar-refractivity contribution is -0.130. The van der Waals surface area contributed by atoms with E-state index in [1.54, 1.807) is 23.1 Å². The van der Waals surface area contributed by atoms with Gasteiger partial charge in [-0.3, -0.25) is 19.1 Å². The quantitative estimate of drug-likeness (QED) is 0.280. The summed E-state index contributed by atoms with van der Waals surface area (Å²) in [5.41, 5.74) is 8.75. The van der Waals surface area contributed by atoms with Gasteiger partial charge < -0.3 is 35.8 Å². The Hall–Kier alpha value is -5.65. The van der Waals surface area contributed by atoms with Crippen molar-refractivity contribution in [2.75, 3.05) is 61.9 Å². The molecule has 15 heteroatoms. The van der Waals surface area contributed by atoms with Gasteiger partial charge >= 0.3 is 0 Å². The summed E-state index contributed by atoms with van der Waals surface area (Å²) in [6.45, 7) is 9.00. The van der Waals surface area contributed by atoms with Crippen molar-refractivity contribution >= 4 is 46.5 Å². The average molecular weight is 628 g/mol. The van der Waals surface area contributed by atoms with Gasteiger partial charge in [0.2, 0.25) is 17.8 Å². The van der Waals surface area contributed by atoms with Crippen LogP contribution in [-0.4, -0.2) is 93.6 Å². The minimum absolute atomic E-state index is 0.0249. The molecule has 2 saturated heterocycles. The molecule has 0 bridgehead atoms. The topological polar surface area (TPSA) is 188 Å². The number of methoxy groups -OCH3 is 1. The summed E-state index contributed by atoms with van der Waals surface area (Å²) >= 11 is 0. The molecular formula is C31H37N11O4. The number of carbonyl (C=O) groups is 3. The van der Waals surface area contributed by atoms with Gasteiger partial charge in [0.15, 0.2) is 0 Å². The number of carbonyl (C=O) groups excluding carboxylic acids is 3. The van der Waals surface area contributed by atoms with Crippen LogP contribution in [0.1, 0.15) is 41.2 Å². The van der Waals surface area contributed by atoms with Gasteiger partial charge in [0.05, 0.1) is 36.8 Å². The SMILES string of the molecule is C=CC(=O)N1CCC[C@@H](n2cc(Nc3ncc(C(N)=O)c(Nc4c(C)cc(N5CCN(C(=O)CC#N)CC5)cc4OC)n3)cn2)C1. The van der Waals surface area contributed by atoms with Gasteiger partial charge in [-0.05, 0) is 37.5 Å². The molecule has 240 valence electrons. The first-order chi connectivity index (χ1) is 22.2. The zero-order chi connectivity index (χ0) is 32.8. The van der Waals surface area contributed by atoms with Crippen LogP contribution < -0.4 is 26.0 Å². The number of aryl methyl sites for hydroxylation is 1. The Balaban J connectivity index is 1.33. The van der Waals surface area contributed by atoms with Gasteiger partial charge in [-0.2, -0.15) is 15.3 Å². The lowest BCUT2D eigenvalue weighted by atomic mass is 10.1. The second kappa shape index (κ2) is 14.0. The number of amides is 3. The standard InChI is InChI=1S/C31H37N11O4/c1-4-26(43)41-9-5-6-22(19-41)42-18-21(16-35-42)36-31-34-17-24(29(33)45)30(38-31)37-28-20(2)14-23(15-25(28)46-3)39-10-12-40(13-11-39)27(44)7-8-32/h4,14-18,22H,1,5-7,9-13,19H2,2-3H3,(H2,33,45)(H2,34,36,37,38)/t22-/m1/s1. The van der Waals surface area contributed by atoms with E-state index >= 15 is 0 Å². The number of anilines is 5. The molecule has 2 fully saturated rings. The Morgan fingerprint density at radius 2 is 1.93 bits per heavy atom. The van der Waals surface area contributed by atoms with E-state index in [-0.39, 0.29) is 41.6 Å². The highest BCUT2D eigenvalue weighted by Gasteiger charge is 2.25. The highest BCUT2D eigenvalue weighted by Crippen LogP contribution is 2.36. The Labute approximate surface area is 266 Å². The van der Waals surface area contributed by atoms with Crippen LogP contribution in [0.25, 0.3) is 0 Å². The summed E-state index contributed by atoms with van der Waals surface area (Å²) in [5.74, 6) is -0.0124. The average Bonchev–Trinajstić information content (AvgIpc) is 3.53. The van der Waals surface area contributed by atoms with Crippen molar-refractivity contribution in [2.24, 2.45) is 5.73 Å². The summed E-state index contributed by atoms with van der Waals surface area (Å²) in [5, 5.41) is 19.7. The lowest BCUT2D eigenvalue weighted by Crippen LogP contribution is -2.48. The van der Waals surface area contributed by atoms with Crippen LogP contribution in [0.4, 0.5) is 28.8 Å². The fourth-order valence-corrected chi connectivity index (χ4v) is 5.70. The molecule has 0 spiro atoms. The predicted octanol–water partition coefficient (Wildman–Crippen LogP) is 2.49. The second-order valence-corrected chi connectivity index (χ2v) is 11.1. The molecular weight excluding hydrogens is 590 g/mol. The predicted molar refractivity (Wildman–Crippen MR) is 171 cm³/mol. The number of ether oxygens (including phenoxy) is 1. The van der Waals surface area contributed by atoms with Crippen molar-refractivity contribution in [1.29, 1.82) is 5.26 Å². The van der Waals surface area contributed by atoms with E-state index in [1.165, 1.54) is 12.3 Å². The molecule has 4 heterocycles. The Bertz CT molecular complexity index is 1670. The van der Waals surface area contributed by atoms with Crippen molar-refractivity contribution in [2.45, 2.75) is 32.2 Å². The largest absolute Gasteiger partial charge is 0.494 e. The van der Waals surface area contributed by atoms with E-state index in [0.29, 0.717) is 56.4 Å². The number of hydrogen-bond donors (Lipinski definition) is 3. The molecule has 1 atom stereocenters. The molecule has 5 rings (SSSR count). The zero-order valence-corrected chi connectivity index (χ0v) is 25.9. The third-order valence-corrected chi connectivity index (χ3v) is 8.14. The van der Waals surface area contributed by atoms with Crippen molar-refractivity contribution in [3.05, 3.63) is 54.5 Å². The minimum atomic E-state index is -0.699. The van der Waals surface area contributed by atoms with Gasteiger partial charge in [0.25, 0.3) is 5.91 Å². The smallest absolute Gasteiger partial charge is 0.254 e. The van der Waals surface area contributed by atoms with Crippen molar-refractivity contribution in [3.8, 4) is 11.8 Å². The van der Waals surface area contributed by atoms with Crippen LogP contribution in [-0.2, 0) is 9.59 Å². The lowest BCUT2D eigenvalue weighted by Gasteiger charge is -2.36. The number of nitrogens with zero attached hydrogens (tertiary/aromatic N) is 8. The van der Waals surface area contributed by atoms with Gasteiger partial charge in [-0.15, -0.1) is 0 Å². The number of nitriles is 1. The molecule has 2 aliphatic rings. The third kappa shape index (κ3) is 7.01. The first-order valence-electron chi connectivity index (χ1n) is 15.0. The summed E-state index contributed by atoms with van der Waals surface area (Å²) in [7, 11) is 1.56. The molecule has 3 amide bonds. The number of piperidine rings is 1. The second-order valence-electron chi connectivity index (χ2n) is 11.1. The molecule has 1 aromatic carbocycles. The summed E-state index contributed by atoms with van der Waals surface area (Å²) < 4.78 is 7.55. The zero-order valence-electron chi connectivity index (χ0n) is 25.9. The maximum absolute atomic E-state index is 12.3. The number of primary amides is 1. The summed E-state index contributed by atoms with van der Waals surface area (Å²) in [6.07, 6.45) is 7.79. The van der Waals surface area contributed by atoms with Gasteiger partial charge in [0, 0.05) is 63.4 Å². The van der Waals surface area contributed by atoms with Crippen LogP contribution >= 0.6 is 0 Å². The molecule has 46 heavy (non-hydrogen) atoms. The van der Waals surface area contributed by atoms with Gasteiger partial charge in [-0.1, -0.05) is 6.58 Å². The van der Waals surface area contributed by atoms with Gasteiger partial charge in [-0.25, -0.2) is 4.98 Å². The first kappa shape index (κ1) is 31.8. The Morgan fingerprint density at radius 1 is 1.15 bits per heavy atom.